The number of amides is 2. The van der Waals surface area contributed by atoms with Crippen LogP contribution in [0.4, 0.5) is 14.5 Å². The van der Waals surface area contributed by atoms with Crippen LogP contribution < -0.4 is 10.6 Å². The molecule has 8 heteroatoms. The predicted molar refractivity (Wildman–Crippen MR) is 102 cm³/mol. The van der Waals surface area contributed by atoms with Crippen molar-refractivity contribution < 1.29 is 27.5 Å². The highest BCUT2D eigenvalue weighted by atomic mass is 19.2. The lowest BCUT2D eigenvalue weighted by molar-refractivity contribution is 0.0837. The summed E-state index contributed by atoms with van der Waals surface area (Å²) in [5.74, 6) is -3.30. The maximum absolute atomic E-state index is 13.8. The van der Waals surface area contributed by atoms with Crippen LogP contribution in [-0.4, -0.2) is 31.1 Å². The Hall–Kier alpha value is -3.26. The van der Waals surface area contributed by atoms with Gasteiger partial charge >= 0.3 is 0 Å². The largest absolute Gasteiger partial charge is 0.451 e. The van der Waals surface area contributed by atoms with Gasteiger partial charge in [-0.1, -0.05) is 6.07 Å². The van der Waals surface area contributed by atoms with E-state index in [4.69, 9.17) is 9.15 Å². The molecule has 0 aliphatic carbocycles. The number of anilines is 1. The fraction of sp³-hybridized carbons (Fsp3) is 0.238. The Morgan fingerprint density at radius 1 is 1.10 bits per heavy atom. The zero-order valence-electron chi connectivity index (χ0n) is 15.3. The number of benzene rings is 2. The number of hydrogen-bond donors (Lipinski definition) is 2. The van der Waals surface area contributed by atoms with Gasteiger partial charge in [0.15, 0.2) is 17.4 Å². The molecule has 2 aromatic carbocycles. The first kappa shape index (κ1) is 19.1. The van der Waals surface area contributed by atoms with Crippen molar-refractivity contribution in [2.24, 2.45) is 0 Å². The maximum Gasteiger partial charge on any atom is 0.287 e. The molecular weight excluding hydrogens is 382 g/mol. The second kappa shape index (κ2) is 8.00. The van der Waals surface area contributed by atoms with Crippen LogP contribution in [0.25, 0.3) is 11.0 Å². The Morgan fingerprint density at radius 2 is 1.97 bits per heavy atom. The summed E-state index contributed by atoms with van der Waals surface area (Å²) in [6, 6.07) is 9.67. The first-order chi connectivity index (χ1) is 14.0. The van der Waals surface area contributed by atoms with Crippen LogP contribution >= 0.6 is 0 Å². The lowest BCUT2D eigenvalue weighted by atomic mass is 10.1. The van der Waals surface area contributed by atoms with Crippen molar-refractivity contribution in [3.05, 3.63) is 65.4 Å². The topological polar surface area (TPSA) is 80.6 Å². The van der Waals surface area contributed by atoms with Gasteiger partial charge < -0.3 is 19.8 Å². The lowest BCUT2D eigenvalue weighted by Crippen LogP contribution is -2.31. The van der Waals surface area contributed by atoms with Gasteiger partial charge in [-0.3, -0.25) is 9.59 Å². The van der Waals surface area contributed by atoms with Crippen LogP contribution in [0.2, 0.25) is 0 Å². The van der Waals surface area contributed by atoms with E-state index in [1.165, 1.54) is 12.1 Å². The van der Waals surface area contributed by atoms with Crippen LogP contribution in [0, 0.1) is 11.6 Å². The monoisotopic (exact) mass is 400 g/mol. The summed E-state index contributed by atoms with van der Waals surface area (Å²) in [5, 5.41) is 5.88. The van der Waals surface area contributed by atoms with Gasteiger partial charge in [0.1, 0.15) is 5.58 Å². The summed E-state index contributed by atoms with van der Waals surface area (Å²) in [4.78, 5) is 24.5. The van der Waals surface area contributed by atoms with Gasteiger partial charge in [0, 0.05) is 24.2 Å². The van der Waals surface area contributed by atoms with Crippen molar-refractivity contribution in [3.63, 3.8) is 0 Å². The van der Waals surface area contributed by atoms with E-state index < -0.39 is 23.1 Å². The van der Waals surface area contributed by atoms with Gasteiger partial charge in [0.2, 0.25) is 0 Å². The van der Waals surface area contributed by atoms with Crippen molar-refractivity contribution in [2.45, 2.75) is 18.9 Å². The van der Waals surface area contributed by atoms with Gasteiger partial charge in [-0.05, 0) is 49.2 Å². The summed E-state index contributed by atoms with van der Waals surface area (Å²) in [6.45, 7) is 1.12. The first-order valence-corrected chi connectivity index (χ1v) is 9.20. The van der Waals surface area contributed by atoms with Gasteiger partial charge in [0.05, 0.1) is 11.7 Å². The Kier molecular flexibility index (Phi) is 5.26. The number of nitrogens with one attached hydrogen (secondary N) is 2. The number of fused-ring (bicyclic) bond motifs is 1. The van der Waals surface area contributed by atoms with Crippen molar-refractivity contribution in [3.8, 4) is 0 Å². The van der Waals surface area contributed by atoms with E-state index in [0.29, 0.717) is 29.8 Å². The Balaban J connectivity index is 1.47. The zero-order chi connectivity index (χ0) is 20.4. The Morgan fingerprint density at radius 3 is 2.76 bits per heavy atom. The standard InChI is InChI=1S/C21H18F2N2O4/c22-16-5-1-4-15(19(16)23)20(26)25-13-6-7-17-12(9-13)10-18(29-17)21(27)24-11-14-3-2-8-28-14/h1,4-7,9-10,14H,2-3,8,11H2,(H,24,27)(H,25,26). The number of carbonyl (C=O) groups excluding carboxylic acids is 2. The molecule has 29 heavy (non-hydrogen) atoms. The second-order valence-corrected chi connectivity index (χ2v) is 6.76. The molecule has 1 aromatic heterocycles. The molecule has 4 rings (SSSR count). The second-order valence-electron chi connectivity index (χ2n) is 6.76. The molecule has 1 saturated heterocycles. The minimum Gasteiger partial charge on any atom is -0.451 e. The number of hydrogen-bond acceptors (Lipinski definition) is 4. The molecule has 1 atom stereocenters. The van der Waals surface area contributed by atoms with E-state index >= 15 is 0 Å². The smallest absolute Gasteiger partial charge is 0.287 e. The Bertz CT molecular complexity index is 1070. The van der Waals surface area contributed by atoms with E-state index in [9.17, 15) is 18.4 Å². The SMILES string of the molecule is O=C(NCC1CCCO1)c1cc2cc(NC(=O)c3cccc(F)c3F)ccc2o1. The molecule has 1 aliphatic rings. The molecule has 1 unspecified atom stereocenters. The average molecular weight is 400 g/mol. The van der Waals surface area contributed by atoms with Crippen LogP contribution in [0.5, 0.6) is 0 Å². The third-order valence-electron chi connectivity index (χ3n) is 4.71. The normalized spacial score (nSPS) is 16.1. The molecule has 1 aliphatic heterocycles. The van der Waals surface area contributed by atoms with E-state index in [2.05, 4.69) is 10.6 Å². The molecule has 0 bridgehead atoms. The van der Waals surface area contributed by atoms with E-state index in [1.807, 2.05) is 0 Å². The van der Waals surface area contributed by atoms with Gasteiger partial charge in [-0.2, -0.15) is 0 Å². The van der Waals surface area contributed by atoms with Crippen LogP contribution in [0.15, 0.2) is 46.9 Å². The minimum absolute atomic E-state index is 0.0216. The van der Waals surface area contributed by atoms with Gasteiger partial charge in [-0.15, -0.1) is 0 Å². The molecule has 150 valence electrons. The third kappa shape index (κ3) is 4.12. The minimum atomic E-state index is -1.21. The lowest BCUT2D eigenvalue weighted by Gasteiger charge is -2.09. The molecule has 2 N–H and O–H groups in total. The van der Waals surface area contributed by atoms with E-state index in [0.717, 1.165) is 18.9 Å². The molecule has 6 nitrogen and oxygen atoms in total. The molecule has 2 amide bonds. The third-order valence-corrected chi connectivity index (χ3v) is 4.71. The van der Waals surface area contributed by atoms with Gasteiger partial charge in [0.25, 0.3) is 11.8 Å². The fourth-order valence-electron chi connectivity index (χ4n) is 3.21. The molecule has 2 heterocycles. The highest BCUT2D eigenvalue weighted by Crippen LogP contribution is 2.24. The predicted octanol–water partition coefficient (Wildman–Crippen LogP) is 3.87. The van der Waals surface area contributed by atoms with Crippen LogP contribution in [0.3, 0.4) is 0 Å². The Labute approximate surface area is 164 Å². The quantitative estimate of drug-likeness (QED) is 0.681. The zero-order valence-corrected chi connectivity index (χ0v) is 15.3. The number of carbonyl (C=O) groups is 2. The van der Waals surface area contributed by atoms with Crippen LogP contribution in [0.1, 0.15) is 33.8 Å². The van der Waals surface area contributed by atoms with Crippen LogP contribution in [-0.2, 0) is 4.74 Å². The average Bonchev–Trinajstić information content (AvgIpc) is 3.37. The summed E-state index contributed by atoms with van der Waals surface area (Å²) in [5.41, 5.74) is 0.423. The fourth-order valence-corrected chi connectivity index (χ4v) is 3.21. The van der Waals surface area contributed by atoms with Crippen molar-refractivity contribution in [1.29, 1.82) is 0 Å². The molecule has 0 saturated carbocycles. The highest BCUT2D eigenvalue weighted by molar-refractivity contribution is 6.05. The first-order valence-electron chi connectivity index (χ1n) is 9.20. The maximum atomic E-state index is 13.8. The molecule has 0 radical (unpaired) electrons. The molecule has 0 spiro atoms. The van der Waals surface area contributed by atoms with Crippen molar-refractivity contribution in [1.82, 2.24) is 5.32 Å². The number of rotatable bonds is 5. The number of halogens is 2. The van der Waals surface area contributed by atoms with Gasteiger partial charge in [-0.25, -0.2) is 8.78 Å². The molecule has 3 aromatic rings. The van der Waals surface area contributed by atoms with E-state index in [1.54, 1.807) is 24.3 Å². The number of ether oxygens (including phenoxy) is 1. The summed E-state index contributed by atoms with van der Waals surface area (Å²) >= 11 is 0. The highest BCUT2D eigenvalue weighted by Gasteiger charge is 2.19. The summed E-state index contributed by atoms with van der Waals surface area (Å²) in [6.07, 6.45) is 1.92. The van der Waals surface area contributed by atoms with Crippen molar-refractivity contribution >= 4 is 28.5 Å². The summed E-state index contributed by atoms with van der Waals surface area (Å²) in [7, 11) is 0. The molecule has 1 fully saturated rings. The summed E-state index contributed by atoms with van der Waals surface area (Å²) < 4.78 is 38.1. The number of furan rings is 1. The van der Waals surface area contributed by atoms with E-state index in [-0.39, 0.29) is 17.8 Å². The van der Waals surface area contributed by atoms with Crippen molar-refractivity contribution in [2.75, 3.05) is 18.5 Å². The molecular formula is C21H18F2N2O4.